The molecule has 1 aliphatic heterocycles. The predicted molar refractivity (Wildman–Crippen MR) is 78.5 cm³/mol. The smallest absolute Gasteiger partial charge is 0.324 e. The average molecular weight is 303 g/mol. The summed E-state index contributed by atoms with van der Waals surface area (Å²) >= 11 is 0. The Morgan fingerprint density at radius 3 is 2.91 bits per heavy atom. The number of carboxylic acid groups (broad SMARTS) is 1. The third-order valence-electron chi connectivity index (χ3n) is 3.76. The van der Waals surface area contributed by atoms with Gasteiger partial charge in [0.25, 0.3) is 5.95 Å². The van der Waals surface area contributed by atoms with Crippen molar-refractivity contribution in [2.45, 2.75) is 13.3 Å². The highest BCUT2D eigenvalue weighted by atomic mass is 16.4. The lowest BCUT2D eigenvalue weighted by atomic mass is 9.91. The largest absolute Gasteiger partial charge is 0.481 e. The normalized spacial score (nSPS) is 21.8. The van der Waals surface area contributed by atoms with E-state index in [1.54, 1.807) is 16.8 Å². The Morgan fingerprint density at radius 1 is 1.36 bits per heavy atom. The Kier molecular flexibility index (Phi) is 3.66. The molecule has 1 fully saturated rings. The van der Waals surface area contributed by atoms with Crippen molar-refractivity contribution in [1.82, 2.24) is 19.5 Å². The molecule has 1 saturated heterocycles. The lowest BCUT2D eigenvalue weighted by Crippen LogP contribution is -2.47. The first-order chi connectivity index (χ1) is 10.5. The topological polar surface area (TPSA) is 99.8 Å². The molecule has 8 heteroatoms. The number of nitrogens with one attached hydrogen (secondary N) is 1. The second-order valence-electron chi connectivity index (χ2n) is 5.65. The molecule has 1 aliphatic rings. The summed E-state index contributed by atoms with van der Waals surface area (Å²) in [4.78, 5) is 29.2. The van der Waals surface area contributed by atoms with Crippen LogP contribution in [0, 0.1) is 11.8 Å². The maximum atomic E-state index is 12.3. The Labute approximate surface area is 126 Å². The summed E-state index contributed by atoms with van der Waals surface area (Å²) in [6.07, 6.45) is 2.33. The molecule has 116 valence electrons. The number of hydrogen-bond donors (Lipinski definition) is 2. The van der Waals surface area contributed by atoms with E-state index in [2.05, 4.69) is 15.4 Å². The molecule has 0 bridgehead atoms. The number of piperidine rings is 1. The van der Waals surface area contributed by atoms with Crippen LogP contribution in [0.15, 0.2) is 24.4 Å². The molecule has 2 atom stereocenters. The van der Waals surface area contributed by atoms with E-state index >= 15 is 0 Å². The highest BCUT2D eigenvalue weighted by Crippen LogP contribution is 2.22. The average Bonchev–Trinajstić information content (AvgIpc) is 2.88. The minimum atomic E-state index is -0.866. The summed E-state index contributed by atoms with van der Waals surface area (Å²) in [7, 11) is 0. The quantitative estimate of drug-likeness (QED) is 0.871. The van der Waals surface area contributed by atoms with Crippen LogP contribution >= 0.6 is 0 Å². The standard InChI is InChI=1S/C14H17N5O3/c1-9-6-10(12(20)21)8-18(7-9)14(22)16-13-15-11-4-2-3-5-19(11)17-13/h2-5,9-10H,6-8H2,1H3,(H,20,21)(H,16,17,22). The number of pyridine rings is 1. The molecule has 2 N–H and O–H groups in total. The fourth-order valence-electron chi connectivity index (χ4n) is 2.76. The third-order valence-corrected chi connectivity index (χ3v) is 3.76. The minimum Gasteiger partial charge on any atom is -0.481 e. The van der Waals surface area contributed by atoms with Gasteiger partial charge in [-0.05, 0) is 24.5 Å². The minimum absolute atomic E-state index is 0.148. The zero-order valence-corrected chi connectivity index (χ0v) is 12.1. The first-order valence-electron chi connectivity index (χ1n) is 7.13. The van der Waals surface area contributed by atoms with E-state index in [0.717, 1.165) is 0 Å². The highest BCUT2D eigenvalue weighted by Gasteiger charge is 2.32. The molecule has 0 radical (unpaired) electrons. The molecule has 8 nitrogen and oxygen atoms in total. The Bertz CT molecular complexity index is 680. The summed E-state index contributed by atoms with van der Waals surface area (Å²) in [6.45, 7) is 2.68. The second-order valence-corrected chi connectivity index (χ2v) is 5.65. The van der Waals surface area contributed by atoms with Crippen molar-refractivity contribution in [1.29, 1.82) is 0 Å². The van der Waals surface area contributed by atoms with Gasteiger partial charge in [-0.25, -0.2) is 9.31 Å². The maximum Gasteiger partial charge on any atom is 0.324 e. The number of fused-ring (bicyclic) bond motifs is 1. The van der Waals surface area contributed by atoms with Crippen molar-refractivity contribution in [3.05, 3.63) is 24.4 Å². The first kappa shape index (κ1) is 14.3. The van der Waals surface area contributed by atoms with E-state index in [9.17, 15) is 9.59 Å². The molecule has 2 amide bonds. The van der Waals surface area contributed by atoms with Crippen LogP contribution in [0.4, 0.5) is 10.7 Å². The van der Waals surface area contributed by atoms with Gasteiger partial charge >= 0.3 is 12.0 Å². The van der Waals surface area contributed by atoms with Crippen molar-refractivity contribution in [3.8, 4) is 0 Å². The van der Waals surface area contributed by atoms with Gasteiger partial charge in [0.05, 0.1) is 5.92 Å². The van der Waals surface area contributed by atoms with Gasteiger partial charge < -0.3 is 10.0 Å². The van der Waals surface area contributed by atoms with Crippen LogP contribution in [0.1, 0.15) is 13.3 Å². The van der Waals surface area contributed by atoms with Gasteiger partial charge in [0.1, 0.15) is 0 Å². The van der Waals surface area contributed by atoms with E-state index in [0.29, 0.717) is 18.6 Å². The van der Waals surface area contributed by atoms with Crippen LogP contribution in [-0.2, 0) is 4.79 Å². The molecular formula is C14H17N5O3. The predicted octanol–water partition coefficient (Wildman–Crippen LogP) is 1.30. The number of carboxylic acids is 1. The van der Waals surface area contributed by atoms with Crippen molar-refractivity contribution in [3.63, 3.8) is 0 Å². The number of carbonyl (C=O) groups excluding carboxylic acids is 1. The van der Waals surface area contributed by atoms with Crippen molar-refractivity contribution >= 4 is 23.6 Å². The fraction of sp³-hybridized carbons (Fsp3) is 0.429. The number of carbonyl (C=O) groups is 2. The van der Waals surface area contributed by atoms with E-state index in [-0.39, 0.29) is 24.4 Å². The van der Waals surface area contributed by atoms with Crippen molar-refractivity contribution < 1.29 is 14.7 Å². The van der Waals surface area contributed by atoms with Gasteiger partial charge in [-0.3, -0.25) is 10.1 Å². The van der Waals surface area contributed by atoms with Gasteiger partial charge in [0.15, 0.2) is 5.65 Å². The SMILES string of the molecule is CC1CC(C(=O)O)CN(C(=O)Nc2nc3ccccn3n2)C1. The number of aliphatic carboxylic acids is 1. The van der Waals surface area contributed by atoms with Crippen molar-refractivity contribution in [2.75, 3.05) is 18.4 Å². The number of hydrogen-bond acceptors (Lipinski definition) is 4. The Morgan fingerprint density at radius 2 is 2.18 bits per heavy atom. The summed E-state index contributed by atoms with van der Waals surface area (Å²) < 4.78 is 1.56. The molecule has 2 unspecified atom stereocenters. The van der Waals surface area contributed by atoms with Gasteiger partial charge in [0.2, 0.25) is 0 Å². The van der Waals surface area contributed by atoms with Gasteiger partial charge in [-0.2, -0.15) is 4.98 Å². The molecule has 0 aliphatic carbocycles. The molecule has 0 saturated carbocycles. The van der Waals surface area contributed by atoms with Gasteiger partial charge in [-0.1, -0.05) is 13.0 Å². The molecule has 3 rings (SSSR count). The molecule has 0 spiro atoms. The zero-order valence-electron chi connectivity index (χ0n) is 12.1. The van der Waals surface area contributed by atoms with Crippen LogP contribution in [0.3, 0.4) is 0 Å². The molecule has 3 heterocycles. The van der Waals surface area contributed by atoms with E-state index in [1.165, 1.54) is 4.90 Å². The van der Waals surface area contributed by atoms with Gasteiger partial charge in [-0.15, -0.1) is 5.10 Å². The van der Waals surface area contributed by atoms with Crippen molar-refractivity contribution in [2.24, 2.45) is 11.8 Å². The summed E-state index contributed by atoms with van der Waals surface area (Å²) in [5, 5.41) is 15.9. The summed E-state index contributed by atoms with van der Waals surface area (Å²) in [5.74, 6) is -1.03. The number of amides is 2. The number of likely N-dealkylation sites (tertiary alicyclic amines) is 1. The highest BCUT2D eigenvalue weighted by molar-refractivity contribution is 5.88. The van der Waals surface area contributed by atoms with Crippen LogP contribution in [-0.4, -0.2) is 49.7 Å². The maximum absolute atomic E-state index is 12.3. The Balaban J connectivity index is 1.71. The van der Waals surface area contributed by atoms with E-state index < -0.39 is 11.9 Å². The van der Waals surface area contributed by atoms with Crippen LogP contribution in [0.2, 0.25) is 0 Å². The summed E-state index contributed by atoms with van der Waals surface area (Å²) in [6, 6.07) is 5.07. The van der Waals surface area contributed by atoms with Gasteiger partial charge in [0, 0.05) is 19.3 Å². The fourth-order valence-corrected chi connectivity index (χ4v) is 2.76. The van der Waals surface area contributed by atoms with Crippen LogP contribution in [0.25, 0.3) is 5.65 Å². The number of rotatable bonds is 2. The lowest BCUT2D eigenvalue weighted by molar-refractivity contribution is -0.143. The first-order valence-corrected chi connectivity index (χ1v) is 7.13. The number of urea groups is 1. The number of aromatic nitrogens is 3. The lowest BCUT2D eigenvalue weighted by Gasteiger charge is -2.34. The molecule has 2 aromatic heterocycles. The number of nitrogens with zero attached hydrogens (tertiary/aromatic N) is 4. The number of anilines is 1. The van der Waals surface area contributed by atoms with Crippen LogP contribution < -0.4 is 5.32 Å². The van der Waals surface area contributed by atoms with E-state index in [1.807, 2.05) is 19.1 Å². The second kappa shape index (κ2) is 5.63. The molecular weight excluding hydrogens is 286 g/mol. The Hall–Kier alpha value is -2.64. The monoisotopic (exact) mass is 303 g/mol. The van der Waals surface area contributed by atoms with Crippen LogP contribution in [0.5, 0.6) is 0 Å². The third kappa shape index (κ3) is 2.85. The summed E-state index contributed by atoms with van der Waals surface area (Å²) in [5.41, 5.74) is 0.633. The molecule has 22 heavy (non-hydrogen) atoms. The molecule has 0 aromatic carbocycles. The molecule has 2 aromatic rings. The van der Waals surface area contributed by atoms with E-state index in [4.69, 9.17) is 5.11 Å². The zero-order chi connectivity index (χ0) is 15.7.